The Morgan fingerprint density at radius 1 is 0.931 bits per heavy atom. The maximum Gasteiger partial charge on any atom is 0.238 e. The highest BCUT2D eigenvalue weighted by molar-refractivity contribution is 5.92. The van der Waals surface area contributed by atoms with Crippen LogP contribution in [0.15, 0.2) is 48.5 Å². The number of para-hydroxylation sites is 1. The van der Waals surface area contributed by atoms with Crippen LogP contribution in [0.4, 0.5) is 5.69 Å². The van der Waals surface area contributed by atoms with Crippen molar-refractivity contribution in [1.29, 1.82) is 0 Å². The zero-order chi connectivity index (χ0) is 20.5. The van der Waals surface area contributed by atoms with Crippen LogP contribution in [-0.4, -0.2) is 75.8 Å². The number of anilines is 1. The van der Waals surface area contributed by atoms with E-state index in [2.05, 4.69) is 15.1 Å². The monoisotopic (exact) mass is 399 g/mol. The fourth-order valence-electron chi connectivity index (χ4n) is 3.30. The lowest BCUT2D eigenvalue weighted by atomic mass is 10.2. The van der Waals surface area contributed by atoms with E-state index in [1.165, 1.54) is 0 Å². The largest absolute Gasteiger partial charge is 0.493 e. The molecule has 2 aromatic rings. The number of methoxy groups -OCH3 is 2. The van der Waals surface area contributed by atoms with Crippen LogP contribution in [0.5, 0.6) is 17.2 Å². The summed E-state index contributed by atoms with van der Waals surface area (Å²) in [6, 6.07) is 15.2. The zero-order valence-corrected chi connectivity index (χ0v) is 17.1. The van der Waals surface area contributed by atoms with Crippen molar-refractivity contribution in [1.82, 2.24) is 9.80 Å². The highest BCUT2D eigenvalue weighted by Crippen LogP contribution is 2.29. The van der Waals surface area contributed by atoms with Gasteiger partial charge in [0.2, 0.25) is 5.91 Å². The number of amides is 1. The third kappa shape index (κ3) is 6.37. The van der Waals surface area contributed by atoms with Gasteiger partial charge in [-0.3, -0.25) is 14.6 Å². The minimum atomic E-state index is -0.0296. The molecule has 3 rings (SSSR count). The smallest absolute Gasteiger partial charge is 0.238 e. The predicted octanol–water partition coefficient (Wildman–Crippen LogP) is 2.34. The van der Waals surface area contributed by atoms with Gasteiger partial charge in [0.15, 0.2) is 11.5 Å². The normalized spacial score (nSPS) is 15.0. The third-order valence-electron chi connectivity index (χ3n) is 4.92. The van der Waals surface area contributed by atoms with Crippen LogP contribution < -0.4 is 19.5 Å². The number of rotatable bonds is 9. The standard InChI is InChI=1S/C22H29N3O4/c1-27-20-9-8-18(16-21(20)28-2)23-22(26)17-25-12-10-24(11-13-25)14-15-29-19-6-4-3-5-7-19/h3-9,16H,10-15,17H2,1-2H3,(H,23,26). The summed E-state index contributed by atoms with van der Waals surface area (Å²) in [6.45, 7) is 5.53. The van der Waals surface area contributed by atoms with E-state index in [-0.39, 0.29) is 5.91 Å². The van der Waals surface area contributed by atoms with Gasteiger partial charge in [-0.15, -0.1) is 0 Å². The Morgan fingerprint density at radius 2 is 1.62 bits per heavy atom. The number of carbonyl (C=O) groups excluding carboxylic acids is 1. The van der Waals surface area contributed by atoms with Gasteiger partial charge in [-0.2, -0.15) is 0 Å². The average Bonchev–Trinajstić information content (AvgIpc) is 2.75. The van der Waals surface area contributed by atoms with Crippen molar-refractivity contribution in [2.24, 2.45) is 0 Å². The number of carbonyl (C=O) groups is 1. The molecule has 1 heterocycles. The van der Waals surface area contributed by atoms with Gasteiger partial charge in [0.25, 0.3) is 0 Å². The number of hydrogen-bond acceptors (Lipinski definition) is 6. The van der Waals surface area contributed by atoms with Crippen molar-refractivity contribution in [3.05, 3.63) is 48.5 Å². The molecule has 0 spiro atoms. The fraction of sp³-hybridized carbons (Fsp3) is 0.409. The lowest BCUT2D eigenvalue weighted by Crippen LogP contribution is -2.49. The van der Waals surface area contributed by atoms with E-state index in [4.69, 9.17) is 14.2 Å². The Morgan fingerprint density at radius 3 is 2.31 bits per heavy atom. The highest BCUT2D eigenvalue weighted by Gasteiger charge is 2.19. The van der Waals surface area contributed by atoms with Crippen molar-refractivity contribution < 1.29 is 19.0 Å². The van der Waals surface area contributed by atoms with Crippen LogP contribution in [0.2, 0.25) is 0 Å². The molecule has 1 amide bonds. The topological polar surface area (TPSA) is 63.3 Å². The molecule has 7 heteroatoms. The van der Waals surface area contributed by atoms with E-state index >= 15 is 0 Å². The first-order chi connectivity index (χ1) is 14.2. The van der Waals surface area contributed by atoms with Crippen LogP contribution in [0.25, 0.3) is 0 Å². The summed E-state index contributed by atoms with van der Waals surface area (Å²) in [5.41, 5.74) is 0.698. The summed E-state index contributed by atoms with van der Waals surface area (Å²) in [7, 11) is 3.16. The van der Waals surface area contributed by atoms with Gasteiger partial charge in [-0.05, 0) is 24.3 Å². The Labute approximate surface area is 172 Å². The summed E-state index contributed by atoms with van der Waals surface area (Å²) < 4.78 is 16.3. The molecule has 0 bridgehead atoms. The van der Waals surface area contributed by atoms with Crippen LogP contribution in [-0.2, 0) is 4.79 Å². The summed E-state index contributed by atoms with van der Waals surface area (Å²) >= 11 is 0. The van der Waals surface area contributed by atoms with Gasteiger partial charge >= 0.3 is 0 Å². The first-order valence-electron chi connectivity index (χ1n) is 9.82. The number of nitrogens with one attached hydrogen (secondary N) is 1. The van der Waals surface area contributed by atoms with E-state index in [0.717, 1.165) is 38.5 Å². The van der Waals surface area contributed by atoms with E-state index in [0.29, 0.717) is 30.3 Å². The molecule has 0 atom stereocenters. The molecule has 0 aliphatic carbocycles. The molecule has 1 N–H and O–H groups in total. The molecule has 7 nitrogen and oxygen atoms in total. The molecule has 1 aliphatic heterocycles. The van der Waals surface area contributed by atoms with Crippen LogP contribution in [0.3, 0.4) is 0 Å². The molecule has 0 radical (unpaired) electrons. The van der Waals surface area contributed by atoms with Crippen LogP contribution in [0, 0.1) is 0 Å². The average molecular weight is 399 g/mol. The van der Waals surface area contributed by atoms with E-state index in [1.54, 1.807) is 26.4 Å². The van der Waals surface area contributed by atoms with Gasteiger partial charge < -0.3 is 19.5 Å². The van der Waals surface area contributed by atoms with Gasteiger partial charge in [-0.1, -0.05) is 18.2 Å². The number of benzene rings is 2. The molecular weight excluding hydrogens is 370 g/mol. The Bertz CT molecular complexity index is 777. The highest BCUT2D eigenvalue weighted by atomic mass is 16.5. The summed E-state index contributed by atoms with van der Waals surface area (Å²) in [5.74, 6) is 2.10. The molecule has 2 aromatic carbocycles. The van der Waals surface area contributed by atoms with Gasteiger partial charge in [-0.25, -0.2) is 0 Å². The fourth-order valence-corrected chi connectivity index (χ4v) is 3.30. The summed E-state index contributed by atoms with van der Waals surface area (Å²) in [4.78, 5) is 16.9. The molecule has 1 saturated heterocycles. The second kappa shape index (κ2) is 10.7. The lowest BCUT2D eigenvalue weighted by molar-refractivity contribution is -0.117. The minimum Gasteiger partial charge on any atom is -0.493 e. The Balaban J connectivity index is 1.37. The Hall–Kier alpha value is -2.77. The molecule has 0 saturated carbocycles. The molecule has 1 aliphatic rings. The Kier molecular flexibility index (Phi) is 7.72. The molecule has 29 heavy (non-hydrogen) atoms. The van der Waals surface area contributed by atoms with E-state index < -0.39 is 0 Å². The molecule has 1 fully saturated rings. The van der Waals surface area contributed by atoms with Crippen LogP contribution >= 0.6 is 0 Å². The number of hydrogen-bond donors (Lipinski definition) is 1. The quantitative estimate of drug-likeness (QED) is 0.698. The van der Waals surface area contributed by atoms with E-state index in [9.17, 15) is 4.79 Å². The van der Waals surface area contributed by atoms with Crippen molar-refractivity contribution in [2.45, 2.75) is 0 Å². The van der Waals surface area contributed by atoms with Gasteiger partial charge in [0, 0.05) is 44.5 Å². The number of piperazine rings is 1. The zero-order valence-electron chi connectivity index (χ0n) is 17.1. The van der Waals surface area contributed by atoms with Crippen molar-refractivity contribution in [3.63, 3.8) is 0 Å². The molecule has 0 unspecified atom stereocenters. The first-order valence-corrected chi connectivity index (χ1v) is 9.82. The molecular formula is C22H29N3O4. The van der Waals surface area contributed by atoms with Crippen molar-refractivity contribution in [3.8, 4) is 17.2 Å². The van der Waals surface area contributed by atoms with Crippen molar-refractivity contribution in [2.75, 3.05) is 65.4 Å². The van der Waals surface area contributed by atoms with Crippen molar-refractivity contribution >= 4 is 11.6 Å². The van der Waals surface area contributed by atoms with Gasteiger partial charge in [0.1, 0.15) is 12.4 Å². The predicted molar refractivity (Wildman–Crippen MR) is 113 cm³/mol. The molecule has 156 valence electrons. The van der Waals surface area contributed by atoms with Gasteiger partial charge in [0.05, 0.1) is 20.8 Å². The minimum absolute atomic E-state index is 0.0296. The maximum atomic E-state index is 12.4. The second-order valence-electron chi connectivity index (χ2n) is 6.90. The lowest BCUT2D eigenvalue weighted by Gasteiger charge is -2.34. The third-order valence-corrected chi connectivity index (χ3v) is 4.92. The summed E-state index contributed by atoms with van der Waals surface area (Å²) in [5, 5.41) is 2.93. The number of nitrogens with zero attached hydrogens (tertiary/aromatic N) is 2. The molecule has 0 aromatic heterocycles. The first kappa shape index (κ1) is 21.0. The van der Waals surface area contributed by atoms with Crippen LogP contribution in [0.1, 0.15) is 0 Å². The second-order valence-corrected chi connectivity index (χ2v) is 6.90. The summed E-state index contributed by atoms with van der Waals surface area (Å²) in [6.07, 6.45) is 0. The maximum absolute atomic E-state index is 12.4. The SMILES string of the molecule is COc1ccc(NC(=O)CN2CCN(CCOc3ccccc3)CC2)cc1OC. The number of ether oxygens (including phenoxy) is 3. The van der Waals surface area contributed by atoms with E-state index in [1.807, 2.05) is 36.4 Å².